The predicted octanol–water partition coefficient (Wildman–Crippen LogP) is 19.7. The molecule has 120 heavy (non-hydrogen) atoms. The van der Waals surface area contributed by atoms with Crippen LogP contribution in [0.3, 0.4) is 0 Å². The number of aryl methyl sites for hydroxylation is 4. The largest absolute Gasteiger partial charge is 0.379 e. The van der Waals surface area contributed by atoms with E-state index < -0.39 is 69.5 Å². The van der Waals surface area contributed by atoms with E-state index in [1.807, 2.05) is 161 Å². The number of hydrogen-bond donors (Lipinski definition) is 0. The van der Waals surface area contributed by atoms with E-state index >= 15 is 0 Å². The van der Waals surface area contributed by atoms with E-state index in [9.17, 15) is 56.2 Å². The van der Waals surface area contributed by atoms with Crippen LogP contribution in [0.5, 0.6) is 17.2 Å². The summed E-state index contributed by atoms with van der Waals surface area (Å²) in [6, 6.07) is 104. The predicted molar refractivity (Wildman–Crippen MR) is 469 cm³/mol. The van der Waals surface area contributed by atoms with Crippen molar-refractivity contribution in [1.29, 1.82) is 0 Å². The van der Waals surface area contributed by atoms with Gasteiger partial charge < -0.3 is 29.1 Å². The van der Waals surface area contributed by atoms with Gasteiger partial charge in [-0.25, -0.2) is 0 Å². The second-order valence-corrected chi connectivity index (χ2v) is 38.3. The van der Waals surface area contributed by atoms with Gasteiger partial charge >= 0.3 is 47.5 Å². The molecule has 588 valence electrons. The van der Waals surface area contributed by atoms with Gasteiger partial charge in [0, 0.05) is 69.8 Å². The maximum atomic E-state index is 13.8. The van der Waals surface area contributed by atoms with E-state index in [0.717, 1.165) is 83.8 Å². The Hall–Kier alpha value is -13.7. The van der Waals surface area contributed by atoms with Crippen LogP contribution in [0.2, 0.25) is 0 Å². The third-order valence-corrected chi connectivity index (χ3v) is 30.2. The van der Waals surface area contributed by atoms with Crippen LogP contribution in [0.25, 0.3) is 52.9 Å². The summed E-state index contributed by atoms with van der Waals surface area (Å²) >= 11 is 0. The molecule has 14 aromatic carbocycles. The normalized spacial score (nSPS) is 13.1. The molecule has 14 aromatic rings. The Morgan fingerprint density at radius 2 is 0.492 bits per heavy atom. The van der Waals surface area contributed by atoms with Gasteiger partial charge in [0.05, 0.1) is 50.9 Å². The van der Waals surface area contributed by atoms with Crippen LogP contribution in [0.15, 0.2) is 390 Å². The highest BCUT2D eigenvalue weighted by Gasteiger charge is 2.42. The van der Waals surface area contributed by atoms with Crippen LogP contribution in [-0.2, 0) is 63.0 Å². The van der Waals surface area contributed by atoms with Crippen LogP contribution in [0, 0.1) is 27.7 Å². The van der Waals surface area contributed by atoms with Crippen molar-refractivity contribution in [3.05, 3.63) is 418 Å². The van der Waals surface area contributed by atoms with Gasteiger partial charge in [-0.15, -0.1) is 0 Å². The van der Waals surface area contributed by atoms with Gasteiger partial charge in [-0.1, -0.05) is 194 Å². The first kappa shape index (κ1) is 81.4. The Balaban J connectivity index is 0.000000142. The smallest absolute Gasteiger partial charge is 0.364 e. The number of Topliss-reactive ketones (excluding diaryl/α,β-unsaturated/α-hetero) is 3. The Morgan fingerprint density at radius 3 is 0.800 bits per heavy atom. The first-order chi connectivity index (χ1) is 58.0. The van der Waals surface area contributed by atoms with Gasteiger partial charge in [0.15, 0.2) is 44.1 Å². The molecule has 0 heterocycles. The molecule has 18 nitrogen and oxygen atoms in total. The second kappa shape index (κ2) is 34.8. The van der Waals surface area contributed by atoms with E-state index in [-0.39, 0.29) is 93.4 Å². The fraction of sp³-hybridized carbons (Fsp3) is 0.0417. The summed E-state index contributed by atoms with van der Waals surface area (Å²) in [5.74, 6) is -1.14. The van der Waals surface area contributed by atoms with Crippen molar-refractivity contribution in [2.45, 2.75) is 71.8 Å². The van der Waals surface area contributed by atoms with Gasteiger partial charge in [-0.3, -0.25) is 14.4 Å². The average Bonchev–Trinajstić information content (AvgIpc) is 0.756. The zero-order valence-corrected chi connectivity index (χ0v) is 69.3. The van der Waals surface area contributed by atoms with E-state index in [1.54, 1.807) is 48.5 Å². The van der Waals surface area contributed by atoms with E-state index in [4.69, 9.17) is 12.5 Å². The van der Waals surface area contributed by atoms with Gasteiger partial charge in [0.25, 0.3) is 17.3 Å². The quantitative estimate of drug-likeness (QED) is 0.0335. The topological polar surface area (TPSA) is 291 Å². The number of allylic oxidation sites excluding steroid dienone is 3. The molecule has 0 atom stereocenters. The molecular formula is C96H69N6O12S6+3. The van der Waals surface area contributed by atoms with Crippen molar-refractivity contribution in [3.8, 4) is 17.2 Å². The first-order valence-corrected chi connectivity index (χ1v) is 45.2. The zero-order valence-electron chi connectivity index (χ0n) is 64.4. The Morgan fingerprint density at radius 1 is 0.250 bits per heavy atom. The molecule has 0 N–H and O–H groups in total. The molecule has 0 saturated heterocycles. The Labute approximate surface area is 702 Å². The lowest BCUT2D eigenvalue weighted by molar-refractivity contribution is -0.00460. The first-order valence-electron chi connectivity index (χ1n) is 37.3. The van der Waals surface area contributed by atoms with E-state index in [1.165, 1.54) is 36.4 Å². The van der Waals surface area contributed by atoms with Crippen molar-refractivity contribution in [2.75, 3.05) is 0 Å². The standard InChI is InChI=1S/C38H27N2O4S2.C30H23N2O4S2.C28H19N2O4S2/c1-24-19-32(20-25(2)38(24)44-46(42,43)36-23-35(40-39)37(41)34-14-8-7-13-33(34)36)45(30-17-15-26-9-3-5-11-28(26)21-30)31-18-16-27-10-4-6-12-29(27)22-31;1-20-17-24(37(22-11-5-3-6-12-22)23-13-7-4-8-14-23)18-21(2)30(20)36-38(34,35)28-19-27(32-31)29(33)26-16-10-9-15-25(26)28;29-30-26-19-27(24-13-7-8-14-25(24)28(26)31)36(32,33)34-20-15-17-23(18-16-20)35(21-9-3-1-4-10-21)22-11-5-2-6-12-22/h3-23H,1-2H3;3-19H,1-2H3;1-19H/q3*+1. The maximum absolute atomic E-state index is 13.8. The minimum Gasteiger partial charge on any atom is -0.379 e. The number of hydrogen-bond acceptors (Lipinski definition) is 12. The zero-order chi connectivity index (χ0) is 84.0. The number of carbonyl (C=O) groups is 3. The number of rotatable bonds is 18. The summed E-state index contributed by atoms with van der Waals surface area (Å²) in [6.45, 7) is 7.28. The maximum Gasteiger partial charge on any atom is 0.364 e. The summed E-state index contributed by atoms with van der Waals surface area (Å²) in [5.41, 5.74) is 30.4. The molecule has 0 spiro atoms. The lowest BCUT2D eigenvalue weighted by atomic mass is 9.95. The Bertz CT molecular complexity index is 6930. The Kier molecular flexibility index (Phi) is 23.6. The lowest BCUT2D eigenvalue weighted by Gasteiger charge is -2.18. The third-order valence-electron chi connectivity index (χ3n) is 19.8. The molecule has 0 amide bonds. The molecule has 0 saturated carbocycles. The van der Waals surface area contributed by atoms with Crippen molar-refractivity contribution >= 4 is 134 Å². The molecule has 0 radical (unpaired) electrons. The SMILES string of the molecule is Cc1cc([S+](c2ccc3ccccc3c2)c2ccc3ccccc3c2)cc(C)c1OS(=O)(=O)C1=CC(=[N+]=[N-])C(=O)c2ccccc21.Cc1cc([S+](c2ccccc2)c2ccccc2)cc(C)c1OS(=O)(=O)C1=CC(=[N+]=[N-])C(=O)c2ccccc21.[N-]=[N+]=C1C=C(S(=O)(=O)Oc2ccc([S+](c3ccccc3)c3ccccc3)cc2)c2ccccc2C1=O. The molecule has 3 aliphatic rings. The van der Waals surface area contributed by atoms with E-state index in [0.29, 0.717) is 22.3 Å². The highest BCUT2D eigenvalue weighted by molar-refractivity contribution is 7.98. The van der Waals surface area contributed by atoms with Crippen LogP contribution < -0.4 is 12.5 Å². The summed E-state index contributed by atoms with van der Waals surface area (Å²) in [6.07, 6.45) is 3.12. The summed E-state index contributed by atoms with van der Waals surface area (Å²) in [4.78, 5) is 55.8. The summed E-state index contributed by atoms with van der Waals surface area (Å²) in [5, 5.41) is 4.60. The number of nitrogens with zero attached hydrogens (tertiary/aromatic N) is 6. The number of fused-ring (bicyclic) bond motifs is 5. The van der Waals surface area contributed by atoms with Gasteiger partial charge in [-0.05, 0) is 169 Å². The van der Waals surface area contributed by atoms with Crippen LogP contribution >= 0.6 is 0 Å². The minimum absolute atomic E-state index is 0.124. The second-order valence-electron chi connectivity index (χ2n) is 27.7. The highest BCUT2D eigenvalue weighted by atomic mass is 32.2. The lowest BCUT2D eigenvalue weighted by Crippen LogP contribution is -2.24. The number of ketones is 3. The molecule has 0 fully saturated rings. The monoisotopic (exact) mass is 1690 g/mol. The highest BCUT2D eigenvalue weighted by Crippen LogP contribution is 2.43. The average molecular weight is 1690 g/mol. The number of benzene rings is 14. The van der Waals surface area contributed by atoms with Crippen LogP contribution in [-0.4, -0.2) is 74.1 Å². The van der Waals surface area contributed by atoms with Crippen molar-refractivity contribution in [3.63, 3.8) is 0 Å². The van der Waals surface area contributed by atoms with Crippen molar-refractivity contribution < 1.29 is 66.6 Å². The molecule has 0 bridgehead atoms. The van der Waals surface area contributed by atoms with Crippen LogP contribution in [0.4, 0.5) is 0 Å². The molecule has 3 aliphatic carbocycles. The van der Waals surface area contributed by atoms with Crippen molar-refractivity contribution in [2.24, 2.45) is 0 Å². The molecule has 0 aromatic heterocycles. The molecule has 0 aliphatic heterocycles. The van der Waals surface area contributed by atoms with Crippen LogP contribution in [0.1, 0.15) is 70.0 Å². The van der Waals surface area contributed by atoms with Crippen molar-refractivity contribution in [1.82, 2.24) is 0 Å². The van der Waals surface area contributed by atoms with Gasteiger partial charge in [0.1, 0.15) is 32.0 Å². The fourth-order valence-corrected chi connectivity index (χ4v) is 24.6. The molecular weight excluding hydrogens is 1620 g/mol. The summed E-state index contributed by atoms with van der Waals surface area (Å²) in [7, 11) is -14.5. The fourth-order valence-electron chi connectivity index (χ4n) is 14.2. The molecule has 24 heteroatoms. The third kappa shape index (κ3) is 16.9. The minimum atomic E-state index is -4.43. The molecule has 17 rings (SSSR count). The summed E-state index contributed by atoms with van der Waals surface area (Å²) < 4.78 is 97.9. The van der Waals surface area contributed by atoms with Gasteiger partial charge in [-0.2, -0.15) is 39.6 Å². The molecule has 0 unspecified atom stereocenters. The van der Waals surface area contributed by atoms with Gasteiger partial charge in [0.2, 0.25) is 0 Å². The number of carbonyl (C=O) groups excluding carboxylic acids is 3. The van der Waals surface area contributed by atoms with E-state index in [2.05, 4.69) is 124 Å².